The van der Waals surface area contributed by atoms with E-state index in [0.29, 0.717) is 23.4 Å². The van der Waals surface area contributed by atoms with Gasteiger partial charge in [0.15, 0.2) is 5.82 Å². The number of hydrogen-bond donors (Lipinski definition) is 1. The van der Waals surface area contributed by atoms with Gasteiger partial charge in [0.2, 0.25) is 11.0 Å². The van der Waals surface area contributed by atoms with Gasteiger partial charge in [-0.1, -0.05) is 16.5 Å². The van der Waals surface area contributed by atoms with E-state index in [4.69, 9.17) is 4.52 Å². The summed E-state index contributed by atoms with van der Waals surface area (Å²) in [5.41, 5.74) is 2.41. The highest BCUT2D eigenvalue weighted by atomic mass is 32.1. The van der Waals surface area contributed by atoms with Crippen molar-refractivity contribution in [2.75, 3.05) is 42.9 Å². The van der Waals surface area contributed by atoms with Crippen LogP contribution in [0.5, 0.6) is 0 Å². The standard InChI is InChI=1S/C16H18N8O2S/c1-11-19-15(26-22-11)12-3-2-4-17-14(12)24-7-5-23(6-8-24)9-13(25)20-16-21-18-10-27-16/h2-4,10H,5-9H2,1H3,(H,20,21,25). The van der Waals surface area contributed by atoms with Gasteiger partial charge in [-0.15, -0.1) is 10.2 Å². The first-order valence-corrected chi connectivity index (χ1v) is 9.36. The van der Waals surface area contributed by atoms with Gasteiger partial charge in [-0.25, -0.2) is 4.98 Å². The number of hydrogen-bond acceptors (Lipinski definition) is 10. The number of amides is 1. The van der Waals surface area contributed by atoms with Crippen molar-refractivity contribution in [1.29, 1.82) is 0 Å². The predicted octanol–water partition coefficient (Wildman–Crippen LogP) is 1.05. The second-order valence-corrected chi connectivity index (χ2v) is 6.91. The van der Waals surface area contributed by atoms with E-state index in [1.54, 1.807) is 18.6 Å². The van der Waals surface area contributed by atoms with Crippen LogP contribution in [0.15, 0.2) is 28.4 Å². The molecule has 4 heterocycles. The number of carbonyl (C=O) groups excluding carboxylic acids is 1. The molecule has 10 nitrogen and oxygen atoms in total. The molecule has 0 spiro atoms. The first-order valence-electron chi connectivity index (χ1n) is 8.48. The zero-order valence-electron chi connectivity index (χ0n) is 14.7. The highest BCUT2D eigenvalue weighted by molar-refractivity contribution is 7.13. The Balaban J connectivity index is 1.38. The molecular formula is C16H18N8O2S. The molecule has 1 fully saturated rings. The number of aryl methyl sites for hydroxylation is 1. The van der Waals surface area contributed by atoms with E-state index < -0.39 is 0 Å². The number of rotatable bonds is 5. The minimum absolute atomic E-state index is 0.0833. The molecule has 3 aromatic heterocycles. The van der Waals surface area contributed by atoms with Crippen molar-refractivity contribution in [2.45, 2.75) is 6.92 Å². The number of anilines is 2. The molecule has 1 saturated heterocycles. The Hall–Kier alpha value is -2.92. The lowest BCUT2D eigenvalue weighted by Gasteiger charge is -2.35. The topological polar surface area (TPSA) is 113 Å². The summed E-state index contributed by atoms with van der Waals surface area (Å²) in [6, 6.07) is 3.78. The number of nitrogens with one attached hydrogen (secondary N) is 1. The predicted molar refractivity (Wildman–Crippen MR) is 99.5 cm³/mol. The van der Waals surface area contributed by atoms with Crippen LogP contribution in [0.1, 0.15) is 5.82 Å². The Bertz CT molecular complexity index is 905. The number of carbonyl (C=O) groups is 1. The molecule has 1 aliphatic rings. The van der Waals surface area contributed by atoms with Crippen molar-refractivity contribution in [3.63, 3.8) is 0 Å². The molecule has 0 bridgehead atoms. The normalized spacial score (nSPS) is 15.1. The molecule has 0 saturated carbocycles. The van der Waals surface area contributed by atoms with Crippen LogP contribution in [0.3, 0.4) is 0 Å². The van der Waals surface area contributed by atoms with E-state index in [1.807, 2.05) is 12.1 Å². The van der Waals surface area contributed by atoms with Crippen LogP contribution in [0.2, 0.25) is 0 Å². The van der Waals surface area contributed by atoms with Crippen molar-refractivity contribution in [3.8, 4) is 11.5 Å². The second kappa shape index (κ2) is 7.76. The van der Waals surface area contributed by atoms with Crippen LogP contribution in [0.4, 0.5) is 10.9 Å². The smallest absolute Gasteiger partial charge is 0.261 e. The zero-order valence-corrected chi connectivity index (χ0v) is 15.5. The van der Waals surface area contributed by atoms with Crippen molar-refractivity contribution in [1.82, 2.24) is 30.2 Å². The molecule has 1 N–H and O–H groups in total. The third-order valence-electron chi connectivity index (χ3n) is 4.19. The molecule has 0 unspecified atom stereocenters. The van der Waals surface area contributed by atoms with Crippen LogP contribution in [0.25, 0.3) is 11.5 Å². The molecule has 0 aliphatic carbocycles. The van der Waals surface area contributed by atoms with Crippen LogP contribution in [0, 0.1) is 6.92 Å². The maximum absolute atomic E-state index is 12.1. The zero-order chi connectivity index (χ0) is 18.6. The molecule has 0 aromatic carbocycles. The first kappa shape index (κ1) is 17.5. The summed E-state index contributed by atoms with van der Waals surface area (Å²) in [7, 11) is 0. The van der Waals surface area contributed by atoms with Crippen molar-refractivity contribution in [3.05, 3.63) is 29.7 Å². The molecule has 3 aromatic rings. The fourth-order valence-corrected chi connectivity index (χ4v) is 3.39. The average Bonchev–Trinajstić information content (AvgIpc) is 3.34. The van der Waals surface area contributed by atoms with Crippen molar-refractivity contribution in [2.24, 2.45) is 0 Å². The maximum Gasteiger partial charge on any atom is 0.261 e. The summed E-state index contributed by atoms with van der Waals surface area (Å²) in [5, 5.41) is 14.7. The summed E-state index contributed by atoms with van der Waals surface area (Å²) in [5.74, 6) is 1.79. The quantitative estimate of drug-likeness (QED) is 0.687. The van der Waals surface area contributed by atoms with E-state index in [9.17, 15) is 4.79 Å². The Morgan fingerprint density at radius 2 is 2.19 bits per heavy atom. The molecule has 1 amide bonds. The van der Waals surface area contributed by atoms with E-state index in [1.165, 1.54) is 11.3 Å². The molecule has 11 heteroatoms. The summed E-state index contributed by atoms with van der Waals surface area (Å²) < 4.78 is 5.30. The van der Waals surface area contributed by atoms with E-state index in [2.05, 4.69) is 40.4 Å². The third kappa shape index (κ3) is 4.09. The van der Waals surface area contributed by atoms with Crippen LogP contribution < -0.4 is 10.2 Å². The highest BCUT2D eigenvalue weighted by Crippen LogP contribution is 2.28. The first-order chi connectivity index (χ1) is 13.2. The maximum atomic E-state index is 12.1. The fraction of sp³-hybridized carbons (Fsp3) is 0.375. The Morgan fingerprint density at radius 3 is 2.89 bits per heavy atom. The van der Waals surface area contributed by atoms with E-state index in [0.717, 1.165) is 37.6 Å². The molecule has 1 aliphatic heterocycles. The second-order valence-electron chi connectivity index (χ2n) is 6.08. The summed E-state index contributed by atoms with van der Waals surface area (Å²) in [6.07, 6.45) is 1.75. The molecule has 4 rings (SSSR count). The van der Waals surface area contributed by atoms with E-state index >= 15 is 0 Å². The van der Waals surface area contributed by atoms with Gasteiger partial charge in [0.1, 0.15) is 11.3 Å². The Kier molecular flexibility index (Phi) is 5.03. The van der Waals surface area contributed by atoms with Gasteiger partial charge in [-0.3, -0.25) is 15.0 Å². The lowest BCUT2D eigenvalue weighted by atomic mass is 10.2. The summed E-state index contributed by atoms with van der Waals surface area (Å²) in [6.45, 7) is 5.12. The number of pyridine rings is 1. The highest BCUT2D eigenvalue weighted by Gasteiger charge is 2.23. The average molecular weight is 386 g/mol. The number of aromatic nitrogens is 5. The van der Waals surface area contributed by atoms with Crippen molar-refractivity contribution >= 4 is 28.2 Å². The van der Waals surface area contributed by atoms with Crippen LogP contribution >= 0.6 is 11.3 Å². The van der Waals surface area contributed by atoms with Crippen LogP contribution in [-0.2, 0) is 4.79 Å². The number of nitrogens with zero attached hydrogens (tertiary/aromatic N) is 7. The molecule has 0 atom stereocenters. The van der Waals surface area contributed by atoms with Crippen molar-refractivity contribution < 1.29 is 9.32 Å². The molecule has 27 heavy (non-hydrogen) atoms. The minimum Gasteiger partial charge on any atom is -0.353 e. The Labute approximate surface area is 159 Å². The third-order valence-corrected chi connectivity index (χ3v) is 4.80. The fourth-order valence-electron chi connectivity index (χ4n) is 2.93. The van der Waals surface area contributed by atoms with Gasteiger partial charge in [-0.2, -0.15) is 4.98 Å². The van der Waals surface area contributed by atoms with Gasteiger partial charge in [0.05, 0.1) is 12.1 Å². The lowest BCUT2D eigenvalue weighted by Crippen LogP contribution is -2.49. The molecule has 0 radical (unpaired) electrons. The monoisotopic (exact) mass is 386 g/mol. The molecular weight excluding hydrogens is 368 g/mol. The van der Waals surface area contributed by atoms with Gasteiger partial charge in [0, 0.05) is 32.4 Å². The summed E-state index contributed by atoms with van der Waals surface area (Å²) >= 11 is 1.30. The van der Waals surface area contributed by atoms with Gasteiger partial charge in [0.25, 0.3) is 5.89 Å². The van der Waals surface area contributed by atoms with Gasteiger partial charge >= 0.3 is 0 Å². The molecule has 140 valence electrons. The number of piperazine rings is 1. The van der Waals surface area contributed by atoms with Gasteiger partial charge in [-0.05, 0) is 19.1 Å². The minimum atomic E-state index is -0.0833. The van der Waals surface area contributed by atoms with Gasteiger partial charge < -0.3 is 9.42 Å². The van der Waals surface area contributed by atoms with E-state index in [-0.39, 0.29) is 5.91 Å². The Morgan fingerprint density at radius 1 is 1.33 bits per heavy atom. The SMILES string of the molecule is Cc1noc(-c2cccnc2N2CCN(CC(=O)Nc3nncs3)CC2)n1. The van der Waals surface area contributed by atoms with Crippen LogP contribution in [-0.4, -0.2) is 68.9 Å². The summed E-state index contributed by atoms with van der Waals surface area (Å²) in [4.78, 5) is 25.2. The lowest BCUT2D eigenvalue weighted by molar-refractivity contribution is -0.117. The largest absolute Gasteiger partial charge is 0.353 e.